The molecule has 0 aromatic carbocycles. The van der Waals surface area contributed by atoms with Crippen LogP contribution in [0.4, 0.5) is 0 Å². The molecular formula is C10H14N6. The molecule has 0 radical (unpaired) electrons. The van der Waals surface area contributed by atoms with Gasteiger partial charge in [0.15, 0.2) is 0 Å². The average molecular weight is 218 g/mol. The van der Waals surface area contributed by atoms with Crippen molar-refractivity contribution in [2.45, 2.75) is 12.5 Å². The summed E-state index contributed by atoms with van der Waals surface area (Å²) in [6.45, 7) is 0. The maximum absolute atomic E-state index is 5.52. The molecule has 84 valence electrons. The van der Waals surface area contributed by atoms with Crippen molar-refractivity contribution in [1.82, 2.24) is 24.9 Å². The summed E-state index contributed by atoms with van der Waals surface area (Å²) in [7, 11) is 1.95. The molecule has 2 aromatic rings. The van der Waals surface area contributed by atoms with Gasteiger partial charge in [-0.25, -0.2) is 15.0 Å². The van der Waals surface area contributed by atoms with E-state index in [2.05, 4.69) is 20.4 Å². The highest BCUT2D eigenvalue weighted by atomic mass is 15.2. The Kier molecular flexibility index (Phi) is 3.23. The summed E-state index contributed by atoms with van der Waals surface area (Å²) in [5.41, 5.74) is 3.60. The van der Waals surface area contributed by atoms with Crippen molar-refractivity contribution in [3.8, 4) is 0 Å². The van der Waals surface area contributed by atoms with Gasteiger partial charge in [-0.2, -0.15) is 0 Å². The first-order valence-electron chi connectivity index (χ1n) is 4.99. The highest BCUT2D eigenvalue weighted by Gasteiger charge is 2.13. The second kappa shape index (κ2) is 4.82. The number of rotatable bonds is 4. The molecule has 2 heterocycles. The Morgan fingerprint density at radius 2 is 2.31 bits per heavy atom. The second-order valence-corrected chi connectivity index (χ2v) is 3.51. The highest BCUT2D eigenvalue weighted by molar-refractivity contribution is 5.08. The summed E-state index contributed by atoms with van der Waals surface area (Å²) >= 11 is 0. The molecule has 2 aromatic heterocycles. The zero-order chi connectivity index (χ0) is 11.4. The lowest BCUT2D eigenvalue weighted by atomic mass is 10.1. The quantitative estimate of drug-likeness (QED) is 0.555. The zero-order valence-electron chi connectivity index (χ0n) is 9.04. The van der Waals surface area contributed by atoms with Gasteiger partial charge < -0.3 is 4.57 Å². The van der Waals surface area contributed by atoms with Crippen molar-refractivity contribution >= 4 is 0 Å². The van der Waals surface area contributed by atoms with E-state index in [0.29, 0.717) is 6.42 Å². The van der Waals surface area contributed by atoms with E-state index in [4.69, 9.17) is 5.84 Å². The SMILES string of the molecule is Cn1ccnc1CC(NN)c1ccncn1. The minimum atomic E-state index is -0.0518. The smallest absolute Gasteiger partial charge is 0.115 e. The van der Waals surface area contributed by atoms with E-state index in [-0.39, 0.29) is 6.04 Å². The highest BCUT2D eigenvalue weighted by Crippen LogP contribution is 2.13. The van der Waals surface area contributed by atoms with E-state index in [1.165, 1.54) is 6.33 Å². The molecule has 16 heavy (non-hydrogen) atoms. The van der Waals surface area contributed by atoms with Crippen LogP contribution < -0.4 is 11.3 Å². The number of aromatic nitrogens is 4. The first kappa shape index (κ1) is 10.7. The van der Waals surface area contributed by atoms with Crippen LogP contribution in [0.1, 0.15) is 17.6 Å². The second-order valence-electron chi connectivity index (χ2n) is 3.51. The van der Waals surface area contributed by atoms with Gasteiger partial charge in [0.2, 0.25) is 0 Å². The Morgan fingerprint density at radius 3 is 2.88 bits per heavy atom. The standard InChI is InChI=1S/C10H14N6/c1-16-5-4-13-10(16)6-9(15-11)8-2-3-12-7-14-8/h2-5,7,9,15H,6,11H2,1H3. The zero-order valence-corrected chi connectivity index (χ0v) is 9.04. The van der Waals surface area contributed by atoms with Crippen LogP contribution in [-0.2, 0) is 13.5 Å². The van der Waals surface area contributed by atoms with Crippen molar-refractivity contribution in [3.63, 3.8) is 0 Å². The van der Waals surface area contributed by atoms with Crippen LogP contribution in [0.2, 0.25) is 0 Å². The minimum Gasteiger partial charge on any atom is -0.338 e. The number of nitrogens with zero attached hydrogens (tertiary/aromatic N) is 4. The fourth-order valence-corrected chi connectivity index (χ4v) is 1.53. The average Bonchev–Trinajstić information content (AvgIpc) is 2.73. The van der Waals surface area contributed by atoms with Gasteiger partial charge in [-0.3, -0.25) is 11.3 Å². The summed E-state index contributed by atoms with van der Waals surface area (Å²) < 4.78 is 1.96. The van der Waals surface area contributed by atoms with E-state index < -0.39 is 0 Å². The summed E-state index contributed by atoms with van der Waals surface area (Å²) in [6.07, 6.45) is 7.58. The fraction of sp³-hybridized carbons (Fsp3) is 0.300. The lowest BCUT2D eigenvalue weighted by molar-refractivity contribution is 0.517. The lowest BCUT2D eigenvalue weighted by Gasteiger charge is -2.14. The van der Waals surface area contributed by atoms with E-state index in [1.54, 1.807) is 12.4 Å². The van der Waals surface area contributed by atoms with Gasteiger partial charge in [0.1, 0.15) is 12.2 Å². The minimum absolute atomic E-state index is 0.0518. The normalized spacial score (nSPS) is 12.6. The van der Waals surface area contributed by atoms with Crippen LogP contribution in [0, 0.1) is 0 Å². The Balaban J connectivity index is 2.16. The van der Waals surface area contributed by atoms with Crippen molar-refractivity contribution in [3.05, 3.63) is 42.5 Å². The van der Waals surface area contributed by atoms with Crippen LogP contribution in [0.5, 0.6) is 0 Å². The predicted molar refractivity (Wildman–Crippen MR) is 59.0 cm³/mol. The van der Waals surface area contributed by atoms with E-state index in [9.17, 15) is 0 Å². The molecule has 0 saturated carbocycles. The first-order valence-corrected chi connectivity index (χ1v) is 4.99. The lowest BCUT2D eigenvalue weighted by Crippen LogP contribution is -2.31. The third kappa shape index (κ3) is 2.23. The number of hydrogen-bond donors (Lipinski definition) is 2. The van der Waals surface area contributed by atoms with Crippen molar-refractivity contribution in [2.24, 2.45) is 12.9 Å². The maximum Gasteiger partial charge on any atom is 0.115 e. The van der Waals surface area contributed by atoms with Gasteiger partial charge in [0.05, 0.1) is 11.7 Å². The van der Waals surface area contributed by atoms with Crippen LogP contribution >= 0.6 is 0 Å². The van der Waals surface area contributed by atoms with E-state index >= 15 is 0 Å². The molecule has 2 rings (SSSR count). The molecule has 0 bridgehead atoms. The van der Waals surface area contributed by atoms with Crippen molar-refractivity contribution in [1.29, 1.82) is 0 Å². The van der Waals surface area contributed by atoms with Crippen LogP contribution in [0.15, 0.2) is 31.0 Å². The molecule has 0 fully saturated rings. The third-order valence-electron chi connectivity index (χ3n) is 2.47. The van der Waals surface area contributed by atoms with Gasteiger partial charge in [0, 0.05) is 32.1 Å². The van der Waals surface area contributed by atoms with Crippen molar-refractivity contribution in [2.75, 3.05) is 0 Å². The topological polar surface area (TPSA) is 81.7 Å². The fourth-order valence-electron chi connectivity index (χ4n) is 1.53. The molecule has 6 nitrogen and oxygen atoms in total. The number of aryl methyl sites for hydroxylation is 1. The molecule has 0 spiro atoms. The number of imidazole rings is 1. The summed E-state index contributed by atoms with van der Waals surface area (Å²) in [5.74, 6) is 6.48. The molecule has 0 amide bonds. The van der Waals surface area contributed by atoms with Gasteiger partial charge in [0.25, 0.3) is 0 Å². The van der Waals surface area contributed by atoms with Crippen LogP contribution in [0.3, 0.4) is 0 Å². The Labute approximate surface area is 93.5 Å². The monoisotopic (exact) mass is 218 g/mol. The third-order valence-corrected chi connectivity index (χ3v) is 2.47. The number of hydrogen-bond acceptors (Lipinski definition) is 5. The number of nitrogens with one attached hydrogen (secondary N) is 1. The molecule has 3 N–H and O–H groups in total. The Bertz CT molecular complexity index is 438. The molecule has 0 aliphatic rings. The molecule has 1 atom stereocenters. The summed E-state index contributed by atoms with van der Waals surface area (Å²) in [5, 5.41) is 0. The van der Waals surface area contributed by atoms with E-state index in [0.717, 1.165) is 11.5 Å². The van der Waals surface area contributed by atoms with Crippen LogP contribution in [-0.4, -0.2) is 19.5 Å². The largest absolute Gasteiger partial charge is 0.338 e. The van der Waals surface area contributed by atoms with Gasteiger partial charge in [-0.15, -0.1) is 0 Å². The van der Waals surface area contributed by atoms with E-state index in [1.807, 2.05) is 23.9 Å². The molecule has 0 aliphatic heterocycles. The summed E-state index contributed by atoms with van der Waals surface area (Å²) in [6, 6.07) is 1.79. The molecule has 0 saturated heterocycles. The van der Waals surface area contributed by atoms with Crippen molar-refractivity contribution < 1.29 is 0 Å². The summed E-state index contributed by atoms with van der Waals surface area (Å²) in [4.78, 5) is 12.3. The van der Waals surface area contributed by atoms with Gasteiger partial charge in [-0.05, 0) is 6.07 Å². The van der Waals surface area contributed by atoms with Crippen LogP contribution in [0.25, 0.3) is 0 Å². The Morgan fingerprint density at radius 1 is 1.44 bits per heavy atom. The number of hydrazine groups is 1. The number of nitrogens with two attached hydrogens (primary N) is 1. The molecule has 0 aliphatic carbocycles. The maximum atomic E-state index is 5.52. The van der Waals surface area contributed by atoms with Gasteiger partial charge >= 0.3 is 0 Å². The molecule has 6 heteroatoms. The predicted octanol–water partition coefficient (Wildman–Crippen LogP) is -0.0428. The first-order chi connectivity index (χ1) is 7.81. The molecular weight excluding hydrogens is 204 g/mol. The Hall–Kier alpha value is -1.79. The van der Waals surface area contributed by atoms with Gasteiger partial charge in [-0.1, -0.05) is 0 Å². The molecule has 1 unspecified atom stereocenters.